The van der Waals surface area contributed by atoms with Crippen LogP contribution in [-0.2, 0) is 0 Å². The number of rotatable bonds is 0. The zero-order valence-corrected chi connectivity index (χ0v) is 15.6. The average Bonchev–Trinajstić information content (AvgIpc) is 2.75. The van der Waals surface area contributed by atoms with Gasteiger partial charge in [-0.15, -0.1) is 0 Å². The Hall–Kier alpha value is -0.460. The molecule has 1 spiro atoms. The molecule has 0 aromatic carbocycles. The number of aliphatic hydroxyl groups is 5. The third-order valence-corrected chi connectivity index (χ3v) is 8.75. The number of hydrogen-bond acceptors (Lipinski definition) is 5. The molecule has 0 saturated heterocycles. The predicted molar refractivity (Wildman–Crippen MR) is 92.5 cm³/mol. The van der Waals surface area contributed by atoms with Gasteiger partial charge in [-0.1, -0.05) is 25.5 Å². The Labute approximate surface area is 149 Å². The molecule has 0 aliphatic heterocycles. The van der Waals surface area contributed by atoms with Crippen LogP contribution in [0.2, 0.25) is 0 Å². The Kier molecular flexibility index (Phi) is 3.49. The van der Waals surface area contributed by atoms with E-state index in [1.807, 2.05) is 6.92 Å². The van der Waals surface area contributed by atoms with Gasteiger partial charge in [-0.2, -0.15) is 0 Å². The standard InChI is InChI=1S/C20H32O5/c1-10-8-19-9-15(22)20(25)13(7-14(21)17(20,2)3)18(4,24)12(19)6-5-11(10)16(19)23/h8,11-16,21-25H,5-7,9H2,1-4H3. The lowest BCUT2D eigenvalue weighted by molar-refractivity contribution is -0.200. The summed E-state index contributed by atoms with van der Waals surface area (Å²) in [4.78, 5) is 0. The summed E-state index contributed by atoms with van der Waals surface area (Å²) in [5.74, 6) is -0.814. The lowest BCUT2D eigenvalue weighted by Crippen LogP contribution is -2.60. The topological polar surface area (TPSA) is 101 Å². The average molecular weight is 352 g/mol. The molecule has 9 atom stereocenters. The van der Waals surface area contributed by atoms with E-state index in [0.29, 0.717) is 0 Å². The van der Waals surface area contributed by atoms with E-state index >= 15 is 0 Å². The van der Waals surface area contributed by atoms with E-state index in [0.717, 1.165) is 18.4 Å². The Balaban J connectivity index is 1.91. The van der Waals surface area contributed by atoms with Gasteiger partial charge < -0.3 is 25.5 Å². The monoisotopic (exact) mass is 352 g/mol. The molecule has 0 radical (unpaired) electrons. The van der Waals surface area contributed by atoms with Crippen molar-refractivity contribution in [1.29, 1.82) is 0 Å². The van der Waals surface area contributed by atoms with E-state index in [2.05, 4.69) is 6.08 Å². The first-order valence-electron chi connectivity index (χ1n) is 9.59. The van der Waals surface area contributed by atoms with Crippen molar-refractivity contribution in [2.45, 2.75) is 82.9 Å². The first-order valence-corrected chi connectivity index (χ1v) is 9.59. The lowest BCUT2D eigenvalue weighted by atomic mass is 9.57. The van der Waals surface area contributed by atoms with Crippen molar-refractivity contribution in [3.63, 3.8) is 0 Å². The van der Waals surface area contributed by atoms with E-state index in [9.17, 15) is 25.5 Å². The minimum atomic E-state index is -1.60. The summed E-state index contributed by atoms with van der Waals surface area (Å²) < 4.78 is 0. The molecule has 4 aliphatic rings. The molecule has 0 heterocycles. The second-order valence-corrected chi connectivity index (χ2v) is 9.98. The van der Waals surface area contributed by atoms with Gasteiger partial charge in [0, 0.05) is 22.7 Å². The Morgan fingerprint density at radius 2 is 1.60 bits per heavy atom. The van der Waals surface area contributed by atoms with Crippen LogP contribution in [0.5, 0.6) is 0 Å². The minimum Gasteiger partial charge on any atom is -0.392 e. The van der Waals surface area contributed by atoms with E-state index in [-0.39, 0.29) is 24.7 Å². The van der Waals surface area contributed by atoms with Gasteiger partial charge in [-0.05, 0) is 45.4 Å². The normalized spacial score (nSPS) is 59.8. The molecule has 5 N–H and O–H groups in total. The van der Waals surface area contributed by atoms with Crippen molar-refractivity contribution in [1.82, 2.24) is 0 Å². The van der Waals surface area contributed by atoms with Gasteiger partial charge in [0.15, 0.2) is 0 Å². The molecule has 5 nitrogen and oxygen atoms in total. The van der Waals surface area contributed by atoms with Crippen LogP contribution in [-0.4, -0.2) is 55.0 Å². The number of fused-ring (bicyclic) bond motifs is 2. The number of hydrogen-bond donors (Lipinski definition) is 5. The fraction of sp³-hybridized carbons (Fsp3) is 0.900. The highest BCUT2D eigenvalue weighted by atomic mass is 16.4. The molecular weight excluding hydrogens is 320 g/mol. The summed E-state index contributed by atoms with van der Waals surface area (Å²) in [6.07, 6.45) is 1.54. The Morgan fingerprint density at radius 3 is 2.24 bits per heavy atom. The van der Waals surface area contributed by atoms with Crippen molar-refractivity contribution < 1.29 is 25.5 Å². The Morgan fingerprint density at radius 1 is 0.960 bits per heavy atom. The van der Waals surface area contributed by atoms with E-state index in [1.54, 1.807) is 20.8 Å². The first kappa shape index (κ1) is 17.9. The zero-order chi connectivity index (χ0) is 18.6. The molecule has 4 rings (SSSR count). The second-order valence-electron chi connectivity index (χ2n) is 9.98. The predicted octanol–water partition coefficient (Wildman–Crippen LogP) is 0.974. The van der Waals surface area contributed by atoms with Crippen LogP contribution in [0.3, 0.4) is 0 Å². The highest BCUT2D eigenvalue weighted by molar-refractivity contribution is 5.33. The van der Waals surface area contributed by atoms with Crippen molar-refractivity contribution in [2.75, 3.05) is 0 Å². The second kappa shape index (κ2) is 4.87. The van der Waals surface area contributed by atoms with Crippen LogP contribution in [0, 0.1) is 28.6 Å². The fourth-order valence-electron chi connectivity index (χ4n) is 7.20. The maximum Gasteiger partial charge on any atom is 0.104 e. The van der Waals surface area contributed by atoms with Crippen LogP contribution in [0.15, 0.2) is 11.6 Å². The molecule has 0 amide bonds. The third-order valence-electron chi connectivity index (χ3n) is 8.75. The molecule has 2 bridgehead atoms. The molecule has 0 aromatic rings. The quantitative estimate of drug-likeness (QED) is 0.418. The fourth-order valence-corrected chi connectivity index (χ4v) is 7.20. The largest absolute Gasteiger partial charge is 0.392 e. The van der Waals surface area contributed by atoms with Gasteiger partial charge in [-0.25, -0.2) is 0 Å². The maximum absolute atomic E-state index is 11.6. The highest BCUT2D eigenvalue weighted by Crippen LogP contribution is 2.67. The highest BCUT2D eigenvalue weighted by Gasteiger charge is 2.73. The first-order chi connectivity index (χ1) is 11.4. The molecule has 25 heavy (non-hydrogen) atoms. The van der Waals surface area contributed by atoms with Gasteiger partial charge in [0.2, 0.25) is 0 Å². The smallest absolute Gasteiger partial charge is 0.104 e. The van der Waals surface area contributed by atoms with Gasteiger partial charge in [0.25, 0.3) is 0 Å². The van der Waals surface area contributed by atoms with Crippen molar-refractivity contribution in [3.8, 4) is 0 Å². The molecule has 9 unspecified atom stereocenters. The minimum absolute atomic E-state index is 0.0745. The van der Waals surface area contributed by atoms with Crippen LogP contribution in [0.1, 0.15) is 53.4 Å². The van der Waals surface area contributed by atoms with Gasteiger partial charge in [0.1, 0.15) is 5.60 Å². The summed E-state index contributed by atoms with van der Waals surface area (Å²) >= 11 is 0. The van der Waals surface area contributed by atoms with Crippen molar-refractivity contribution in [2.24, 2.45) is 28.6 Å². The molecule has 0 aromatic heterocycles. The van der Waals surface area contributed by atoms with Crippen LogP contribution >= 0.6 is 0 Å². The molecule has 4 aliphatic carbocycles. The summed E-state index contributed by atoms with van der Waals surface area (Å²) in [5.41, 5.74) is -3.41. The molecule has 3 fully saturated rings. The number of aliphatic hydroxyl groups excluding tert-OH is 3. The van der Waals surface area contributed by atoms with Crippen molar-refractivity contribution >= 4 is 0 Å². The van der Waals surface area contributed by atoms with E-state index in [1.165, 1.54) is 0 Å². The molecule has 5 heteroatoms. The van der Waals surface area contributed by atoms with Gasteiger partial charge in [-0.3, -0.25) is 0 Å². The summed E-state index contributed by atoms with van der Waals surface area (Å²) in [6.45, 7) is 7.27. The molecule has 3 saturated carbocycles. The SMILES string of the molecule is CC1=CC23CC(O)C4(O)C(CC(O)C4(C)C)C(C)(O)C2CCC1C3O. The van der Waals surface area contributed by atoms with Gasteiger partial charge in [0.05, 0.1) is 23.9 Å². The van der Waals surface area contributed by atoms with Crippen LogP contribution in [0.25, 0.3) is 0 Å². The zero-order valence-electron chi connectivity index (χ0n) is 15.6. The molecule has 142 valence electrons. The third kappa shape index (κ3) is 1.82. The lowest BCUT2D eigenvalue weighted by Gasteiger charge is -2.51. The van der Waals surface area contributed by atoms with E-state index < -0.39 is 46.3 Å². The maximum atomic E-state index is 11.6. The summed E-state index contributed by atoms with van der Waals surface area (Å²) in [5, 5.41) is 56.1. The van der Waals surface area contributed by atoms with Crippen LogP contribution < -0.4 is 0 Å². The summed E-state index contributed by atoms with van der Waals surface area (Å²) in [7, 11) is 0. The molecular formula is C20H32O5. The Bertz CT molecular complexity index is 626. The van der Waals surface area contributed by atoms with Gasteiger partial charge >= 0.3 is 0 Å². The van der Waals surface area contributed by atoms with E-state index in [4.69, 9.17) is 0 Å². The van der Waals surface area contributed by atoms with Crippen molar-refractivity contribution in [3.05, 3.63) is 11.6 Å². The summed E-state index contributed by atoms with van der Waals surface area (Å²) in [6, 6.07) is 0. The van der Waals surface area contributed by atoms with Crippen LogP contribution in [0.4, 0.5) is 0 Å².